The number of hydrogen-bond acceptors (Lipinski definition) is 2. The summed E-state index contributed by atoms with van der Waals surface area (Å²) in [7, 11) is 2.11. The van der Waals surface area contributed by atoms with Crippen molar-refractivity contribution in [2.24, 2.45) is 0 Å². The zero-order valence-electron chi connectivity index (χ0n) is 6.59. The average Bonchev–Trinajstić information content (AvgIpc) is 1.80. The maximum atomic E-state index is 7.30. The van der Waals surface area contributed by atoms with E-state index in [-0.39, 0.29) is 0 Å². The Labute approximate surface area is 52.3 Å². The molecular formula is C6H14N2. The molecule has 1 fully saturated rings. The molecule has 1 N–H and O–H groups in total. The van der Waals surface area contributed by atoms with Gasteiger partial charge in [-0.2, -0.15) is 0 Å². The molecule has 1 aliphatic heterocycles. The van der Waals surface area contributed by atoms with Crippen LogP contribution in [0, 0.1) is 0 Å². The summed E-state index contributed by atoms with van der Waals surface area (Å²) in [6, 6.07) is 0.552. The second-order valence-electron chi connectivity index (χ2n) is 2.46. The molecule has 0 amide bonds. The van der Waals surface area contributed by atoms with Gasteiger partial charge < -0.3 is 10.2 Å². The molecule has 1 heterocycles. The molecule has 2 heteroatoms. The first-order valence-corrected chi connectivity index (χ1v) is 3.14. The largest absolute Gasteiger partial charge is 0.314 e. The number of nitrogens with one attached hydrogen (secondary N) is 1. The topological polar surface area (TPSA) is 15.3 Å². The van der Waals surface area contributed by atoms with Gasteiger partial charge in [-0.1, -0.05) is 0 Å². The molecule has 0 bridgehead atoms. The van der Waals surface area contributed by atoms with E-state index in [1.807, 2.05) is 0 Å². The highest BCUT2D eigenvalue weighted by molar-refractivity contribution is 4.71. The second kappa shape index (κ2) is 2.46. The molecule has 0 unspecified atom stereocenters. The van der Waals surface area contributed by atoms with E-state index in [1.54, 1.807) is 5.31 Å². The zero-order chi connectivity index (χ0) is 6.85. The van der Waals surface area contributed by atoms with Crippen molar-refractivity contribution in [3.63, 3.8) is 0 Å². The number of piperazine rings is 1. The molecule has 1 aliphatic rings. The second-order valence-corrected chi connectivity index (χ2v) is 2.46. The molecule has 0 radical (unpaired) electrons. The Bertz CT molecular complexity index is 97.1. The van der Waals surface area contributed by atoms with Crippen LogP contribution in [0.5, 0.6) is 0 Å². The minimum atomic E-state index is 0.552. The normalized spacial score (nSPS) is 37.2. The van der Waals surface area contributed by atoms with E-state index in [0.717, 1.165) is 19.6 Å². The first-order chi connectivity index (χ1) is 4.20. The fraction of sp³-hybridized carbons (Fsp3) is 1.00. The summed E-state index contributed by atoms with van der Waals surface area (Å²) in [5.74, 6) is 0. The summed E-state index contributed by atoms with van der Waals surface area (Å²) in [6.07, 6.45) is 0. The molecule has 2 nitrogen and oxygen atoms in total. The van der Waals surface area contributed by atoms with E-state index in [0.29, 0.717) is 6.04 Å². The van der Waals surface area contributed by atoms with Crippen LogP contribution in [0.2, 0.25) is 1.41 Å². The number of rotatable bonds is 0. The van der Waals surface area contributed by atoms with Crippen LogP contribution in [0.4, 0.5) is 0 Å². The Balaban J connectivity index is 2.35. The molecule has 48 valence electrons. The van der Waals surface area contributed by atoms with E-state index in [4.69, 9.17) is 1.41 Å². The van der Waals surface area contributed by atoms with Crippen molar-refractivity contribution in [1.29, 1.82) is 0 Å². The molecule has 1 saturated heterocycles. The van der Waals surface area contributed by atoms with Crippen LogP contribution in [0.3, 0.4) is 0 Å². The molecule has 1 rings (SSSR count). The first-order valence-electron chi connectivity index (χ1n) is 3.59. The third-order valence-corrected chi connectivity index (χ3v) is 1.76. The van der Waals surface area contributed by atoms with E-state index < -0.39 is 0 Å². The van der Waals surface area contributed by atoms with Gasteiger partial charge in [0.2, 0.25) is 0 Å². The lowest BCUT2D eigenvalue weighted by atomic mass is 10.2. The van der Waals surface area contributed by atoms with Crippen molar-refractivity contribution >= 4 is 0 Å². The molecular weight excluding hydrogens is 100 g/mol. The van der Waals surface area contributed by atoms with Gasteiger partial charge in [-0.05, 0) is 14.0 Å². The van der Waals surface area contributed by atoms with Crippen molar-refractivity contribution in [2.45, 2.75) is 13.0 Å². The smallest absolute Gasteiger partial charge is 0.122 e. The van der Waals surface area contributed by atoms with Crippen molar-refractivity contribution in [1.82, 2.24) is 10.2 Å². The fourth-order valence-corrected chi connectivity index (χ4v) is 0.866. The van der Waals surface area contributed by atoms with Gasteiger partial charge in [-0.3, -0.25) is 0 Å². The van der Waals surface area contributed by atoms with Crippen molar-refractivity contribution in [3.8, 4) is 0 Å². The number of likely N-dealkylation sites (N-methyl/N-ethyl adjacent to an activating group) is 1. The van der Waals surface area contributed by atoms with Gasteiger partial charge in [0, 0.05) is 25.7 Å². The quantitative estimate of drug-likeness (QED) is 0.474. The highest BCUT2D eigenvalue weighted by atomic mass is 15.2. The molecule has 1 atom stereocenters. The number of hydrogen-bond donors (Lipinski definition) is 1. The van der Waals surface area contributed by atoms with Crippen molar-refractivity contribution in [3.05, 3.63) is 0 Å². The monoisotopic (exact) mass is 115 g/mol. The van der Waals surface area contributed by atoms with Gasteiger partial charge in [0.1, 0.15) is 1.41 Å². The third-order valence-electron chi connectivity index (χ3n) is 1.76. The maximum absolute atomic E-state index is 7.30. The van der Waals surface area contributed by atoms with Gasteiger partial charge in [-0.15, -0.1) is 0 Å². The summed E-state index contributed by atoms with van der Waals surface area (Å²) in [4.78, 5) is 2.28. The predicted molar refractivity (Wildman–Crippen MR) is 35.0 cm³/mol. The van der Waals surface area contributed by atoms with Crippen molar-refractivity contribution in [2.75, 3.05) is 26.7 Å². The van der Waals surface area contributed by atoms with E-state index in [9.17, 15) is 0 Å². The van der Waals surface area contributed by atoms with Crippen LogP contribution in [-0.2, 0) is 0 Å². The van der Waals surface area contributed by atoms with Gasteiger partial charge >= 0.3 is 0 Å². The summed E-state index contributed by atoms with van der Waals surface area (Å²) < 4.78 is 7.30. The molecule has 0 aromatic rings. The van der Waals surface area contributed by atoms with Crippen LogP contribution < -0.4 is 5.31 Å². The van der Waals surface area contributed by atoms with Crippen LogP contribution in [0.1, 0.15) is 6.92 Å². The highest BCUT2D eigenvalue weighted by Crippen LogP contribution is 1.95. The summed E-state index contributed by atoms with van der Waals surface area (Å²) in [6.45, 7) is 4.96. The van der Waals surface area contributed by atoms with E-state index in [1.165, 1.54) is 0 Å². The summed E-state index contributed by atoms with van der Waals surface area (Å²) in [5.41, 5.74) is 0. The Morgan fingerprint density at radius 2 is 2.62 bits per heavy atom. The van der Waals surface area contributed by atoms with Crippen LogP contribution in [0.15, 0.2) is 0 Å². The predicted octanol–water partition coefficient (Wildman–Crippen LogP) is -0.0901. The molecule has 8 heavy (non-hydrogen) atoms. The van der Waals surface area contributed by atoms with Crippen LogP contribution >= 0.6 is 0 Å². The number of nitrogens with zero attached hydrogens (tertiary/aromatic N) is 1. The average molecular weight is 115 g/mol. The lowest BCUT2D eigenvalue weighted by Crippen LogP contribution is -2.47. The first kappa shape index (κ1) is 4.77. The molecule has 0 aromatic carbocycles. The van der Waals surface area contributed by atoms with E-state index >= 15 is 0 Å². The molecule has 0 aliphatic carbocycles. The lowest BCUT2D eigenvalue weighted by Gasteiger charge is -2.29. The standard InChI is InChI=1S/C6H14N2/c1-6-5-7-3-4-8(6)2/h6-7H,3-5H2,1-2H3/t6-/m0/s1/i/hD. The SMILES string of the molecule is [2H]N1CCN(C)[C@@H](C)C1. The van der Waals surface area contributed by atoms with Crippen LogP contribution in [-0.4, -0.2) is 37.6 Å². The molecule has 0 spiro atoms. The summed E-state index contributed by atoms with van der Waals surface area (Å²) >= 11 is 0. The third kappa shape index (κ3) is 1.20. The molecule has 0 saturated carbocycles. The minimum absolute atomic E-state index is 0.552. The van der Waals surface area contributed by atoms with Gasteiger partial charge in [0.15, 0.2) is 0 Å². The van der Waals surface area contributed by atoms with Crippen molar-refractivity contribution < 1.29 is 1.41 Å². The van der Waals surface area contributed by atoms with Gasteiger partial charge in [-0.25, -0.2) is 0 Å². The van der Waals surface area contributed by atoms with E-state index in [2.05, 4.69) is 18.9 Å². The molecule has 0 aromatic heterocycles. The van der Waals surface area contributed by atoms with Crippen LogP contribution in [0.25, 0.3) is 0 Å². The fourth-order valence-electron chi connectivity index (χ4n) is 0.866. The summed E-state index contributed by atoms with van der Waals surface area (Å²) in [5, 5.41) is 1.63. The Morgan fingerprint density at radius 3 is 3.12 bits per heavy atom. The lowest BCUT2D eigenvalue weighted by molar-refractivity contribution is 0.215. The Hall–Kier alpha value is -0.0800. The zero-order valence-corrected chi connectivity index (χ0v) is 5.59. The van der Waals surface area contributed by atoms with Gasteiger partial charge in [0.25, 0.3) is 0 Å². The Morgan fingerprint density at radius 1 is 1.88 bits per heavy atom. The Kier molecular flexibility index (Phi) is 1.47. The minimum Gasteiger partial charge on any atom is -0.314 e. The maximum Gasteiger partial charge on any atom is 0.122 e. The highest BCUT2D eigenvalue weighted by Gasteiger charge is 2.11. The van der Waals surface area contributed by atoms with Gasteiger partial charge in [0.05, 0.1) is 0 Å².